The zero-order valence-corrected chi connectivity index (χ0v) is 15.5. The highest BCUT2D eigenvalue weighted by molar-refractivity contribution is 7.92. The second-order valence-corrected chi connectivity index (χ2v) is 8.67. The van der Waals surface area contributed by atoms with E-state index in [1.54, 1.807) is 22.8 Å². The number of hydrogen-bond donors (Lipinski definition) is 1. The highest BCUT2D eigenvalue weighted by Crippen LogP contribution is 2.26. The molecule has 0 aliphatic heterocycles. The predicted octanol–water partition coefficient (Wildman–Crippen LogP) is 3.89. The van der Waals surface area contributed by atoms with Gasteiger partial charge in [-0.2, -0.15) is 0 Å². The summed E-state index contributed by atoms with van der Waals surface area (Å²) < 4.78 is 43.2. The summed E-state index contributed by atoms with van der Waals surface area (Å²) in [6.45, 7) is 5.37. The van der Waals surface area contributed by atoms with Crippen LogP contribution >= 0.6 is 11.3 Å². The summed E-state index contributed by atoms with van der Waals surface area (Å²) in [7, 11) is -3.85. The Kier molecular flexibility index (Phi) is 4.42. The van der Waals surface area contributed by atoms with E-state index in [2.05, 4.69) is 4.72 Å². The molecule has 0 unspecified atom stereocenters. The summed E-state index contributed by atoms with van der Waals surface area (Å²) in [5.41, 5.74) is 1.45. The van der Waals surface area contributed by atoms with Gasteiger partial charge < -0.3 is 0 Å². The summed E-state index contributed by atoms with van der Waals surface area (Å²) in [5.74, 6) is -0.488. The van der Waals surface area contributed by atoms with Crippen LogP contribution in [0.3, 0.4) is 0 Å². The monoisotopic (exact) mass is 380 g/mol. The third-order valence-corrected chi connectivity index (χ3v) is 6.27. The van der Waals surface area contributed by atoms with Gasteiger partial charge in [0, 0.05) is 6.04 Å². The molecule has 0 saturated heterocycles. The number of rotatable bonds is 4. The second-order valence-electron chi connectivity index (χ2n) is 6.03. The maximum Gasteiger partial charge on any atom is 0.308 e. The molecule has 5 nitrogen and oxygen atoms in total. The number of thiazole rings is 1. The van der Waals surface area contributed by atoms with Gasteiger partial charge >= 0.3 is 4.87 Å². The molecule has 0 aliphatic carbocycles. The van der Waals surface area contributed by atoms with Gasteiger partial charge in [0.05, 0.1) is 20.8 Å². The fourth-order valence-corrected chi connectivity index (χ4v) is 5.04. The lowest BCUT2D eigenvalue weighted by Gasteiger charge is -2.11. The standard InChI is InChI=1S/C17H17FN2O3S2/c1-10(2)20-14-6-5-13(9-15(14)24-17(20)21)19-25(22,23)16-7-4-12(18)8-11(16)3/h4-10,19H,1-3H3. The minimum absolute atomic E-state index is 0.0157. The van der Waals surface area contributed by atoms with Crippen LogP contribution < -0.4 is 9.60 Å². The third kappa shape index (κ3) is 3.32. The van der Waals surface area contributed by atoms with Gasteiger partial charge in [-0.25, -0.2) is 12.8 Å². The van der Waals surface area contributed by atoms with E-state index in [1.165, 1.54) is 19.1 Å². The quantitative estimate of drug-likeness (QED) is 0.747. The molecule has 0 radical (unpaired) electrons. The molecule has 1 heterocycles. The van der Waals surface area contributed by atoms with Crippen LogP contribution in [0.4, 0.5) is 10.1 Å². The highest BCUT2D eigenvalue weighted by Gasteiger charge is 2.18. The molecular weight excluding hydrogens is 363 g/mol. The van der Waals surface area contributed by atoms with E-state index < -0.39 is 15.8 Å². The summed E-state index contributed by atoms with van der Waals surface area (Å²) in [4.78, 5) is 12.0. The first kappa shape index (κ1) is 17.6. The number of halogens is 1. The molecule has 25 heavy (non-hydrogen) atoms. The van der Waals surface area contributed by atoms with Gasteiger partial charge in [-0.3, -0.25) is 14.1 Å². The van der Waals surface area contributed by atoms with Gasteiger partial charge in [-0.1, -0.05) is 11.3 Å². The van der Waals surface area contributed by atoms with Gasteiger partial charge in [0.25, 0.3) is 10.0 Å². The number of nitrogens with zero attached hydrogens (tertiary/aromatic N) is 1. The molecule has 3 rings (SSSR count). The Bertz CT molecular complexity index is 1110. The number of fused-ring (bicyclic) bond motifs is 1. The maximum atomic E-state index is 13.2. The Labute approximate surface area is 148 Å². The topological polar surface area (TPSA) is 68.2 Å². The van der Waals surface area contributed by atoms with Gasteiger partial charge in [0.1, 0.15) is 5.82 Å². The fourth-order valence-electron chi connectivity index (χ4n) is 2.71. The van der Waals surface area contributed by atoms with Crippen molar-refractivity contribution in [1.29, 1.82) is 0 Å². The number of aromatic nitrogens is 1. The van der Waals surface area contributed by atoms with Crippen LogP contribution in [-0.2, 0) is 10.0 Å². The third-order valence-electron chi connectivity index (χ3n) is 3.81. The highest BCUT2D eigenvalue weighted by atomic mass is 32.2. The van der Waals surface area contributed by atoms with E-state index in [-0.39, 0.29) is 15.8 Å². The SMILES string of the molecule is Cc1cc(F)ccc1S(=O)(=O)Nc1ccc2c(c1)sc(=O)n2C(C)C. The summed E-state index contributed by atoms with van der Waals surface area (Å²) in [6, 6.07) is 8.51. The number of nitrogens with one attached hydrogen (secondary N) is 1. The molecule has 1 N–H and O–H groups in total. The van der Waals surface area contributed by atoms with E-state index >= 15 is 0 Å². The average Bonchev–Trinajstić information content (AvgIpc) is 2.81. The maximum absolute atomic E-state index is 13.2. The van der Waals surface area contributed by atoms with Crippen LogP contribution in [0.5, 0.6) is 0 Å². The van der Waals surface area contributed by atoms with Crippen molar-refractivity contribution in [3.63, 3.8) is 0 Å². The molecule has 132 valence electrons. The summed E-state index contributed by atoms with van der Waals surface area (Å²) >= 11 is 1.07. The van der Waals surface area contributed by atoms with E-state index in [9.17, 15) is 17.6 Å². The van der Waals surface area contributed by atoms with Gasteiger partial charge in [0.2, 0.25) is 0 Å². The molecule has 0 spiro atoms. The molecule has 3 aromatic rings. The molecule has 0 bridgehead atoms. The number of sulfonamides is 1. The van der Waals surface area contributed by atoms with Crippen molar-refractivity contribution in [3.8, 4) is 0 Å². The Morgan fingerprint density at radius 2 is 1.88 bits per heavy atom. The first-order chi connectivity index (χ1) is 11.7. The van der Waals surface area contributed by atoms with Crippen molar-refractivity contribution < 1.29 is 12.8 Å². The zero-order chi connectivity index (χ0) is 18.4. The molecular formula is C17H17FN2O3S2. The van der Waals surface area contributed by atoms with Crippen LogP contribution in [0.2, 0.25) is 0 Å². The molecule has 0 amide bonds. The minimum atomic E-state index is -3.85. The Morgan fingerprint density at radius 3 is 2.52 bits per heavy atom. The lowest BCUT2D eigenvalue weighted by Crippen LogP contribution is -2.15. The molecule has 2 aromatic carbocycles. The van der Waals surface area contributed by atoms with Gasteiger partial charge in [0.15, 0.2) is 0 Å². The van der Waals surface area contributed by atoms with E-state index in [4.69, 9.17) is 0 Å². The molecule has 0 saturated carbocycles. The van der Waals surface area contributed by atoms with Crippen LogP contribution in [0, 0.1) is 12.7 Å². The van der Waals surface area contributed by atoms with Gasteiger partial charge in [-0.05, 0) is 62.7 Å². The lowest BCUT2D eigenvalue weighted by atomic mass is 10.2. The fraction of sp³-hybridized carbons (Fsp3) is 0.235. The van der Waals surface area contributed by atoms with E-state index in [1.807, 2.05) is 13.8 Å². The minimum Gasteiger partial charge on any atom is -0.296 e. The first-order valence-corrected chi connectivity index (χ1v) is 9.93. The first-order valence-electron chi connectivity index (χ1n) is 7.63. The van der Waals surface area contributed by atoms with Crippen molar-refractivity contribution in [2.24, 2.45) is 0 Å². The van der Waals surface area contributed by atoms with Crippen LogP contribution in [0.15, 0.2) is 46.1 Å². The second kappa shape index (κ2) is 6.27. The van der Waals surface area contributed by atoms with E-state index in [0.717, 1.165) is 22.9 Å². The van der Waals surface area contributed by atoms with Crippen LogP contribution in [0.1, 0.15) is 25.5 Å². The molecule has 8 heteroatoms. The zero-order valence-electron chi connectivity index (χ0n) is 13.9. The van der Waals surface area contributed by atoms with Crippen molar-refractivity contribution in [2.75, 3.05) is 4.72 Å². The predicted molar refractivity (Wildman–Crippen MR) is 98.4 cm³/mol. The van der Waals surface area contributed by atoms with Crippen molar-refractivity contribution in [3.05, 3.63) is 57.4 Å². The summed E-state index contributed by atoms with van der Waals surface area (Å²) in [5, 5.41) is 0. The lowest BCUT2D eigenvalue weighted by molar-refractivity contribution is 0.598. The number of anilines is 1. The van der Waals surface area contributed by atoms with Crippen molar-refractivity contribution >= 4 is 37.3 Å². The average molecular weight is 380 g/mol. The smallest absolute Gasteiger partial charge is 0.296 e. The molecule has 0 fully saturated rings. The van der Waals surface area contributed by atoms with Crippen molar-refractivity contribution in [2.45, 2.75) is 31.7 Å². The Morgan fingerprint density at radius 1 is 1.16 bits per heavy atom. The van der Waals surface area contributed by atoms with Gasteiger partial charge in [-0.15, -0.1) is 0 Å². The molecule has 0 atom stereocenters. The van der Waals surface area contributed by atoms with Crippen LogP contribution in [0.25, 0.3) is 10.2 Å². The molecule has 0 aliphatic rings. The Balaban J connectivity index is 2.01. The largest absolute Gasteiger partial charge is 0.308 e. The van der Waals surface area contributed by atoms with Crippen molar-refractivity contribution in [1.82, 2.24) is 4.57 Å². The number of aryl methyl sites for hydroxylation is 1. The van der Waals surface area contributed by atoms with E-state index in [0.29, 0.717) is 16.0 Å². The Hall–Kier alpha value is -2.19. The van der Waals surface area contributed by atoms with Crippen LogP contribution in [-0.4, -0.2) is 13.0 Å². The number of benzene rings is 2. The normalized spacial score (nSPS) is 12.0. The number of hydrogen-bond acceptors (Lipinski definition) is 4. The molecule has 1 aromatic heterocycles. The summed E-state index contributed by atoms with van der Waals surface area (Å²) in [6.07, 6.45) is 0.